The van der Waals surface area contributed by atoms with Crippen molar-refractivity contribution < 1.29 is 9.53 Å². The van der Waals surface area contributed by atoms with Crippen molar-refractivity contribution in [3.63, 3.8) is 0 Å². The Kier molecular flexibility index (Phi) is 5.94. The molecule has 1 unspecified atom stereocenters. The summed E-state index contributed by atoms with van der Waals surface area (Å²) in [6.45, 7) is 6.42. The van der Waals surface area contributed by atoms with E-state index in [1.54, 1.807) is 6.92 Å². The van der Waals surface area contributed by atoms with Crippen molar-refractivity contribution in [2.45, 2.75) is 38.6 Å². The average molecular weight is 404 g/mol. The van der Waals surface area contributed by atoms with Crippen LogP contribution in [0.4, 0.5) is 5.69 Å². The third-order valence-electron chi connectivity index (χ3n) is 6.12. The van der Waals surface area contributed by atoms with E-state index in [1.165, 1.54) is 24.1 Å². The summed E-state index contributed by atoms with van der Waals surface area (Å²) in [6, 6.07) is 18.8. The summed E-state index contributed by atoms with van der Waals surface area (Å²) in [5.74, 6) is 1.39. The van der Waals surface area contributed by atoms with Crippen LogP contribution in [0.2, 0.25) is 0 Å². The SMILES string of the molecule is CC(C#N)C(=O)N[C@@H](C)c1ccc(C2CN(c3ccc(OCC4CC4)cc3)C2)cc1. The zero-order valence-corrected chi connectivity index (χ0v) is 17.7. The van der Waals surface area contributed by atoms with Crippen molar-refractivity contribution in [3.05, 3.63) is 59.7 Å². The Morgan fingerprint density at radius 2 is 1.80 bits per heavy atom. The summed E-state index contributed by atoms with van der Waals surface area (Å²) in [5, 5.41) is 11.8. The summed E-state index contributed by atoms with van der Waals surface area (Å²) < 4.78 is 5.82. The number of carbonyl (C=O) groups is 1. The number of anilines is 1. The largest absolute Gasteiger partial charge is 0.493 e. The topological polar surface area (TPSA) is 65.4 Å². The van der Waals surface area contributed by atoms with Crippen LogP contribution in [0, 0.1) is 23.2 Å². The summed E-state index contributed by atoms with van der Waals surface area (Å²) in [7, 11) is 0. The minimum absolute atomic E-state index is 0.110. The first kappa shape index (κ1) is 20.3. The monoisotopic (exact) mass is 403 g/mol. The van der Waals surface area contributed by atoms with Gasteiger partial charge in [0.15, 0.2) is 0 Å². The van der Waals surface area contributed by atoms with Gasteiger partial charge in [0, 0.05) is 24.7 Å². The maximum Gasteiger partial charge on any atom is 0.237 e. The molecule has 1 amide bonds. The molecule has 2 fully saturated rings. The molecule has 1 aliphatic heterocycles. The molecule has 0 bridgehead atoms. The first-order valence-corrected chi connectivity index (χ1v) is 10.8. The third-order valence-corrected chi connectivity index (χ3v) is 6.12. The molecule has 1 saturated carbocycles. The summed E-state index contributed by atoms with van der Waals surface area (Å²) in [5.41, 5.74) is 3.61. The number of benzene rings is 2. The molecule has 30 heavy (non-hydrogen) atoms. The van der Waals surface area contributed by atoms with Gasteiger partial charge in [-0.05, 0) is 68.0 Å². The van der Waals surface area contributed by atoms with Crippen LogP contribution in [-0.4, -0.2) is 25.6 Å². The van der Waals surface area contributed by atoms with Crippen LogP contribution in [0.5, 0.6) is 5.75 Å². The molecule has 156 valence electrons. The van der Waals surface area contributed by atoms with Gasteiger partial charge in [0.25, 0.3) is 0 Å². The maximum absolute atomic E-state index is 11.9. The number of hydrogen-bond donors (Lipinski definition) is 1. The van der Waals surface area contributed by atoms with Gasteiger partial charge in [-0.2, -0.15) is 5.26 Å². The first-order valence-electron chi connectivity index (χ1n) is 10.8. The highest BCUT2D eigenvalue weighted by Crippen LogP contribution is 2.34. The van der Waals surface area contributed by atoms with Crippen LogP contribution in [0.1, 0.15) is 49.8 Å². The Morgan fingerprint density at radius 3 is 2.40 bits per heavy atom. The summed E-state index contributed by atoms with van der Waals surface area (Å²) >= 11 is 0. The van der Waals surface area contributed by atoms with Gasteiger partial charge < -0.3 is 15.0 Å². The molecular weight excluding hydrogens is 374 g/mol. The Hall–Kier alpha value is -3.00. The molecule has 1 saturated heterocycles. The molecule has 2 aromatic carbocycles. The number of carbonyl (C=O) groups excluding carboxylic acids is 1. The van der Waals surface area contributed by atoms with Gasteiger partial charge in [0.2, 0.25) is 5.91 Å². The third kappa shape index (κ3) is 4.76. The summed E-state index contributed by atoms with van der Waals surface area (Å²) in [6.07, 6.45) is 2.62. The van der Waals surface area contributed by atoms with E-state index < -0.39 is 5.92 Å². The predicted octanol–water partition coefficient (Wildman–Crippen LogP) is 4.42. The smallest absolute Gasteiger partial charge is 0.237 e. The highest BCUT2D eigenvalue weighted by atomic mass is 16.5. The van der Waals surface area contributed by atoms with Crippen molar-refractivity contribution in [2.75, 3.05) is 24.6 Å². The molecule has 5 heteroatoms. The van der Waals surface area contributed by atoms with Gasteiger partial charge in [-0.25, -0.2) is 0 Å². The van der Waals surface area contributed by atoms with Gasteiger partial charge in [0.1, 0.15) is 11.7 Å². The summed E-state index contributed by atoms with van der Waals surface area (Å²) in [4.78, 5) is 14.3. The van der Waals surface area contributed by atoms with E-state index in [-0.39, 0.29) is 11.9 Å². The molecule has 2 aromatic rings. The number of hydrogen-bond acceptors (Lipinski definition) is 4. The Balaban J connectivity index is 1.27. The fraction of sp³-hybridized carbons (Fsp3) is 0.440. The van der Waals surface area contributed by atoms with Crippen LogP contribution >= 0.6 is 0 Å². The van der Waals surface area contributed by atoms with Crippen molar-refractivity contribution in [1.82, 2.24) is 5.32 Å². The Bertz CT molecular complexity index is 907. The lowest BCUT2D eigenvalue weighted by molar-refractivity contribution is -0.123. The van der Waals surface area contributed by atoms with E-state index in [4.69, 9.17) is 10.00 Å². The highest BCUT2D eigenvalue weighted by molar-refractivity contribution is 5.81. The minimum atomic E-state index is -0.633. The maximum atomic E-state index is 11.9. The van der Waals surface area contributed by atoms with E-state index in [0.717, 1.165) is 36.9 Å². The predicted molar refractivity (Wildman–Crippen MR) is 117 cm³/mol. The van der Waals surface area contributed by atoms with Crippen LogP contribution in [-0.2, 0) is 4.79 Å². The van der Waals surface area contributed by atoms with Crippen molar-refractivity contribution in [1.29, 1.82) is 5.26 Å². The van der Waals surface area contributed by atoms with Crippen LogP contribution in [0.15, 0.2) is 48.5 Å². The van der Waals surface area contributed by atoms with Gasteiger partial charge in [-0.3, -0.25) is 4.79 Å². The zero-order chi connectivity index (χ0) is 21.1. The van der Waals surface area contributed by atoms with Crippen molar-refractivity contribution >= 4 is 11.6 Å². The fourth-order valence-corrected chi connectivity index (χ4v) is 3.69. The Morgan fingerprint density at radius 1 is 1.13 bits per heavy atom. The zero-order valence-electron chi connectivity index (χ0n) is 17.7. The molecule has 4 rings (SSSR count). The number of ether oxygens (including phenoxy) is 1. The van der Waals surface area contributed by atoms with E-state index >= 15 is 0 Å². The lowest BCUT2D eigenvalue weighted by Crippen LogP contribution is -2.45. The number of amides is 1. The second-order valence-electron chi connectivity index (χ2n) is 8.60. The molecule has 2 atom stereocenters. The molecule has 1 heterocycles. The van der Waals surface area contributed by atoms with Gasteiger partial charge in [-0.15, -0.1) is 0 Å². The molecule has 1 N–H and O–H groups in total. The minimum Gasteiger partial charge on any atom is -0.493 e. The molecule has 5 nitrogen and oxygen atoms in total. The van der Waals surface area contributed by atoms with E-state index in [0.29, 0.717) is 5.92 Å². The van der Waals surface area contributed by atoms with Crippen LogP contribution in [0.25, 0.3) is 0 Å². The lowest BCUT2D eigenvalue weighted by Gasteiger charge is -2.41. The molecule has 0 radical (unpaired) electrons. The molecule has 0 spiro atoms. The number of nitrogens with zero attached hydrogens (tertiary/aromatic N) is 2. The van der Waals surface area contributed by atoms with Gasteiger partial charge in [0.05, 0.1) is 18.7 Å². The van der Waals surface area contributed by atoms with E-state index in [2.05, 4.69) is 58.7 Å². The molecule has 2 aliphatic rings. The van der Waals surface area contributed by atoms with Crippen LogP contribution < -0.4 is 15.0 Å². The van der Waals surface area contributed by atoms with E-state index in [1.807, 2.05) is 13.0 Å². The Labute approximate surface area is 178 Å². The van der Waals surface area contributed by atoms with Crippen molar-refractivity contribution in [2.24, 2.45) is 11.8 Å². The lowest BCUT2D eigenvalue weighted by atomic mass is 9.90. The first-order chi connectivity index (χ1) is 14.5. The number of nitrogens with one attached hydrogen (secondary N) is 1. The second-order valence-corrected chi connectivity index (χ2v) is 8.60. The second kappa shape index (κ2) is 8.79. The molecule has 0 aromatic heterocycles. The quantitative estimate of drug-likeness (QED) is 0.709. The average Bonchev–Trinajstić information content (AvgIpc) is 3.56. The number of rotatable bonds is 8. The molecular formula is C25H29N3O2. The normalized spacial score (nSPS) is 18.1. The number of nitriles is 1. The van der Waals surface area contributed by atoms with E-state index in [9.17, 15) is 4.79 Å². The highest BCUT2D eigenvalue weighted by Gasteiger charge is 2.28. The fourth-order valence-electron chi connectivity index (χ4n) is 3.69. The standard InChI is InChI=1S/C25H29N3O2/c1-17(13-26)25(29)27-18(2)20-5-7-21(8-6-20)22-14-28(15-22)23-9-11-24(12-10-23)30-16-19-3-4-19/h5-12,17-19,22H,3-4,14-16H2,1-2H3,(H,27,29)/t17?,18-/m0/s1. The molecule has 1 aliphatic carbocycles. The van der Waals surface area contributed by atoms with Gasteiger partial charge in [-0.1, -0.05) is 24.3 Å². The van der Waals surface area contributed by atoms with Gasteiger partial charge >= 0.3 is 0 Å². The van der Waals surface area contributed by atoms with Crippen LogP contribution in [0.3, 0.4) is 0 Å². The van der Waals surface area contributed by atoms with Crippen molar-refractivity contribution in [3.8, 4) is 11.8 Å².